The molecule has 4 rings (SSSR count). The van der Waals surface area contributed by atoms with Crippen molar-refractivity contribution in [1.29, 1.82) is 0 Å². The first-order valence-corrected chi connectivity index (χ1v) is 14.0. The summed E-state index contributed by atoms with van der Waals surface area (Å²) < 4.78 is 27.1. The first kappa shape index (κ1) is 23.2. The van der Waals surface area contributed by atoms with Crippen LogP contribution in [0.4, 0.5) is 5.95 Å². The number of nitrogens with zero attached hydrogens (tertiary/aromatic N) is 3. The summed E-state index contributed by atoms with van der Waals surface area (Å²) in [6, 6.07) is 0. The molecule has 2 aliphatic heterocycles. The SMILES string of the molecule is CC1(C)O[C@@H]2[C@H](O1)[C@@H](CO[Si](C)(C)C(C)(C)C)O[C@H]2n1cc(Cl)c2c(Cl)nc(N)nc21. The Hall–Kier alpha value is -0.943. The third kappa shape index (κ3) is 4.10. The molecule has 2 fully saturated rings. The maximum absolute atomic E-state index is 6.45. The van der Waals surface area contributed by atoms with E-state index < -0.39 is 20.3 Å². The highest BCUT2D eigenvalue weighted by Gasteiger charge is 2.56. The number of nitrogens with two attached hydrogens (primary N) is 1. The fourth-order valence-corrected chi connectivity index (χ4v) is 5.41. The van der Waals surface area contributed by atoms with E-state index in [-0.39, 0.29) is 34.5 Å². The van der Waals surface area contributed by atoms with Crippen LogP contribution in [0.5, 0.6) is 0 Å². The van der Waals surface area contributed by atoms with Gasteiger partial charge in [0.05, 0.1) is 17.0 Å². The van der Waals surface area contributed by atoms with Crippen LogP contribution in [0.3, 0.4) is 0 Å². The number of ether oxygens (including phenoxy) is 3. The van der Waals surface area contributed by atoms with Crippen LogP contribution in [-0.4, -0.2) is 53.6 Å². The van der Waals surface area contributed by atoms with E-state index in [1.807, 2.05) is 13.8 Å². The third-order valence-electron chi connectivity index (χ3n) is 6.41. The van der Waals surface area contributed by atoms with Crippen LogP contribution in [0.25, 0.3) is 11.0 Å². The molecule has 0 spiro atoms. The number of fused-ring (bicyclic) bond motifs is 2. The van der Waals surface area contributed by atoms with Crippen molar-refractivity contribution in [3.8, 4) is 0 Å². The van der Waals surface area contributed by atoms with Crippen molar-refractivity contribution in [3.63, 3.8) is 0 Å². The Morgan fingerprint density at radius 1 is 1.19 bits per heavy atom. The minimum atomic E-state index is -1.97. The van der Waals surface area contributed by atoms with Gasteiger partial charge in [-0.2, -0.15) is 4.98 Å². The monoisotopic (exact) mass is 488 g/mol. The Morgan fingerprint density at radius 3 is 2.48 bits per heavy atom. The van der Waals surface area contributed by atoms with E-state index in [0.717, 1.165) is 0 Å². The minimum Gasteiger partial charge on any atom is -0.414 e. The molecule has 4 atom stereocenters. The normalized spacial score (nSPS) is 28.4. The Morgan fingerprint density at radius 2 is 1.84 bits per heavy atom. The smallest absolute Gasteiger partial charge is 0.223 e. The summed E-state index contributed by atoms with van der Waals surface area (Å²) >= 11 is 12.7. The summed E-state index contributed by atoms with van der Waals surface area (Å²) in [7, 11) is -1.97. The van der Waals surface area contributed by atoms with Gasteiger partial charge in [-0.3, -0.25) is 0 Å². The molecule has 0 radical (unpaired) electrons. The number of hydrogen-bond acceptors (Lipinski definition) is 7. The zero-order valence-electron chi connectivity index (χ0n) is 18.9. The highest BCUT2D eigenvalue weighted by atomic mass is 35.5. The summed E-state index contributed by atoms with van der Waals surface area (Å²) in [5.74, 6) is -0.685. The largest absolute Gasteiger partial charge is 0.414 e. The summed E-state index contributed by atoms with van der Waals surface area (Å²) in [4.78, 5) is 8.36. The lowest BCUT2D eigenvalue weighted by atomic mass is 10.1. The molecule has 0 unspecified atom stereocenters. The van der Waals surface area contributed by atoms with Gasteiger partial charge in [0.2, 0.25) is 5.95 Å². The van der Waals surface area contributed by atoms with Crippen LogP contribution in [0.15, 0.2) is 6.20 Å². The number of rotatable bonds is 4. The molecule has 0 bridgehead atoms. The van der Waals surface area contributed by atoms with Gasteiger partial charge < -0.3 is 28.9 Å². The van der Waals surface area contributed by atoms with E-state index in [2.05, 4.69) is 43.8 Å². The average Bonchev–Trinajstić information content (AvgIpc) is 3.20. The summed E-state index contributed by atoms with van der Waals surface area (Å²) in [5, 5.41) is 1.23. The van der Waals surface area contributed by atoms with Crippen molar-refractivity contribution in [3.05, 3.63) is 16.4 Å². The molecule has 4 heterocycles. The molecule has 2 saturated heterocycles. The molecular formula is C20H30Cl2N4O4Si. The van der Waals surface area contributed by atoms with E-state index in [9.17, 15) is 0 Å². The fourth-order valence-electron chi connectivity index (χ4n) is 3.80. The Balaban J connectivity index is 1.68. The van der Waals surface area contributed by atoms with Crippen molar-refractivity contribution in [2.24, 2.45) is 0 Å². The fraction of sp³-hybridized carbons (Fsp3) is 0.700. The molecule has 0 saturated carbocycles. The van der Waals surface area contributed by atoms with Gasteiger partial charge in [-0.25, -0.2) is 4.98 Å². The quantitative estimate of drug-likeness (QED) is 0.489. The van der Waals surface area contributed by atoms with Crippen LogP contribution in [0.2, 0.25) is 28.3 Å². The maximum Gasteiger partial charge on any atom is 0.223 e. The van der Waals surface area contributed by atoms with Gasteiger partial charge in [-0.15, -0.1) is 0 Å². The van der Waals surface area contributed by atoms with Crippen LogP contribution in [0, 0.1) is 0 Å². The average molecular weight is 489 g/mol. The molecule has 0 aromatic carbocycles. The van der Waals surface area contributed by atoms with Crippen LogP contribution >= 0.6 is 23.2 Å². The first-order valence-electron chi connectivity index (χ1n) is 10.3. The molecule has 2 aromatic heterocycles. The second-order valence-corrected chi connectivity index (χ2v) is 15.7. The first-order chi connectivity index (χ1) is 14.2. The second-order valence-electron chi connectivity index (χ2n) is 10.2. The number of aromatic nitrogens is 3. The highest BCUT2D eigenvalue weighted by molar-refractivity contribution is 6.74. The lowest BCUT2D eigenvalue weighted by molar-refractivity contribution is -0.199. The minimum absolute atomic E-state index is 0.0600. The summed E-state index contributed by atoms with van der Waals surface area (Å²) in [6.07, 6.45) is 0.219. The zero-order valence-corrected chi connectivity index (χ0v) is 21.4. The van der Waals surface area contributed by atoms with Crippen molar-refractivity contribution >= 4 is 48.5 Å². The molecular weight excluding hydrogens is 459 g/mol. The Labute approximate surface area is 193 Å². The van der Waals surface area contributed by atoms with Crippen molar-refractivity contribution in [2.75, 3.05) is 12.3 Å². The predicted octanol–water partition coefficient (Wildman–Crippen LogP) is 4.76. The molecule has 172 valence electrons. The van der Waals surface area contributed by atoms with Crippen molar-refractivity contribution in [2.45, 2.75) is 83.1 Å². The molecule has 2 aliphatic rings. The zero-order chi connectivity index (χ0) is 22.9. The number of anilines is 1. The second kappa shape index (κ2) is 7.55. The highest BCUT2D eigenvalue weighted by Crippen LogP contribution is 2.46. The summed E-state index contributed by atoms with van der Waals surface area (Å²) in [6.45, 7) is 15.3. The number of hydrogen-bond donors (Lipinski definition) is 1. The Kier molecular flexibility index (Phi) is 5.65. The molecule has 2 N–H and O–H groups in total. The molecule has 8 nitrogen and oxygen atoms in total. The molecule has 0 amide bonds. The number of nitrogen functional groups attached to an aromatic ring is 1. The molecule has 31 heavy (non-hydrogen) atoms. The lowest BCUT2D eigenvalue weighted by Crippen LogP contribution is -2.44. The van der Waals surface area contributed by atoms with E-state index in [0.29, 0.717) is 22.7 Å². The van der Waals surface area contributed by atoms with Gasteiger partial charge in [0.15, 0.2) is 26.0 Å². The van der Waals surface area contributed by atoms with E-state index in [4.69, 9.17) is 47.6 Å². The molecule has 11 heteroatoms. The molecule has 0 aliphatic carbocycles. The molecule has 2 aromatic rings. The van der Waals surface area contributed by atoms with E-state index in [1.165, 1.54) is 0 Å². The van der Waals surface area contributed by atoms with E-state index in [1.54, 1.807) is 10.8 Å². The van der Waals surface area contributed by atoms with Gasteiger partial charge in [-0.1, -0.05) is 44.0 Å². The van der Waals surface area contributed by atoms with Gasteiger partial charge in [0.1, 0.15) is 23.5 Å². The van der Waals surface area contributed by atoms with Crippen molar-refractivity contribution < 1.29 is 18.6 Å². The van der Waals surface area contributed by atoms with Crippen LogP contribution in [-0.2, 0) is 18.6 Å². The van der Waals surface area contributed by atoms with E-state index >= 15 is 0 Å². The van der Waals surface area contributed by atoms with Gasteiger partial charge in [-0.05, 0) is 32.0 Å². The third-order valence-corrected chi connectivity index (χ3v) is 11.5. The van der Waals surface area contributed by atoms with Gasteiger partial charge >= 0.3 is 0 Å². The standard InChI is InChI=1S/C20H30Cl2N4O4Si/c1-19(2,3)31(6,7)27-9-11-13-14(30-20(4,5)29-13)17(28-11)26-8-10(21)12-15(22)24-18(23)25-16(12)26/h8,11,13-14,17H,9H2,1-7H3,(H2,23,24,25)/t11-,13-,14-,17-/m1/s1. The van der Waals surface area contributed by atoms with Crippen molar-refractivity contribution in [1.82, 2.24) is 14.5 Å². The maximum atomic E-state index is 6.45. The van der Waals surface area contributed by atoms with Gasteiger partial charge in [0, 0.05) is 6.20 Å². The van der Waals surface area contributed by atoms with Gasteiger partial charge in [0.25, 0.3) is 0 Å². The topological polar surface area (TPSA) is 93.7 Å². The summed E-state index contributed by atoms with van der Waals surface area (Å²) in [5.41, 5.74) is 6.33. The van der Waals surface area contributed by atoms with Crippen LogP contribution in [0.1, 0.15) is 40.8 Å². The number of halogens is 2. The lowest BCUT2D eigenvalue weighted by Gasteiger charge is -2.37. The van der Waals surface area contributed by atoms with Crippen LogP contribution < -0.4 is 5.73 Å². The Bertz CT molecular complexity index is 1010. The predicted molar refractivity (Wildman–Crippen MR) is 123 cm³/mol.